The molecule has 160 valence electrons. The molecular weight excluding hydrogens is 410 g/mol. The Kier molecular flexibility index (Phi) is 7.01. The SMILES string of the molecule is CSc1ccccc1-c1cc(Nc2ccc(NC(=O)O[C@H]3CCCCN3)cc2)ncn1. The van der Waals surface area contributed by atoms with E-state index in [2.05, 4.69) is 44.3 Å². The van der Waals surface area contributed by atoms with Gasteiger partial charge in [-0.15, -0.1) is 11.8 Å². The van der Waals surface area contributed by atoms with Gasteiger partial charge in [-0.1, -0.05) is 18.2 Å². The maximum atomic E-state index is 12.1. The topological polar surface area (TPSA) is 88.2 Å². The van der Waals surface area contributed by atoms with Gasteiger partial charge in [0, 0.05) is 27.9 Å². The minimum atomic E-state index is -0.451. The van der Waals surface area contributed by atoms with Crippen LogP contribution in [-0.4, -0.2) is 35.1 Å². The lowest BCUT2D eigenvalue weighted by Gasteiger charge is -2.23. The summed E-state index contributed by atoms with van der Waals surface area (Å²) in [5.74, 6) is 0.699. The van der Waals surface area contributed by atoms with E-state index in [0.717, 1.165) is 47.6 Å². The standard InChI is InChI=1S/C23H25N5O2S/c1-31-20-7-3-2-6-18(20)19-14-21(26-15-25-19)27-16-9-11-17(12-10-16)28-23(29)30-22-8-4-5-13-24-22/h2-3,6-7,9-12,14-15,22,24H,4-5,8,13H2,1H3,(H,28,29)(H,25,26,27)/t22-/m0/s1. The van der Waals surface area contributed by atoms with Crippen molar-refractivity contribution < 1.29 is 9.53 Å². The third kappa shape index (κ3) is 5.74. The number of carbonyl (C=O) groups is 1. The monoisotopic (exact) mass is 435 g/mol. The number of thioether (sulfide) groups is 1. The second kappa shape index (κ2) is 10.3. The summed E-state index contributed by atoms with van der Waals surface area (Å²) in [5.41, 5.74) is 3.46. The predicted octanol–water partition coefficient (Wildman–Crippen LogP) is 5.26. The number of nitrogens with one attached hydrogen (secondary N) is 3. The highest BCUT2D eigenvalue weighted by Crippen LogP contribution is 2.30. The Hall–Kier alpha value is -3.10. The van der Waals surface area contributed by atoms with Gasteiger partial charge in [0.1, 0.15) is 12.1 Å². The number of hydrogen-bond donors (Lipinski definition) is 3. The lowest BCUT2D eigenvalue weighted by Crippen LogP contribution is -2.38. The summed E-state index contributed by atoms with van der Waals surface area (Å²) < 4.78 is 5.40. The molecule has 8 heteroatoms. The molecule has 1 aromatic heterocycles. The Morgan fingerprint density at radius 1 is 1.10 bits per heavy atom. The molecule has 2 aromatic carbocycles. The van der Waals surface area contributed by atoms with E-state index in [1.807, 2.05) is 42.5 Å². The number of nitrogens with zero attached hydrogens (tertiary/aromatic N) is 2. The Balaban J connectivity index is 1.38. The Bertz CT molecular complexity index is 1020. The summed E-state index contributed by atoms with van der Waals surface area (Å²) in [6.07, 6.45) is 5.98. The van der Waals surface area contributed by atoms with Gasteiger partial charge in [-0.05, 0) is 62.4 Å². The molecular formula is C23H25N5O2S. The number of rotatable bonds is 6. The van der Waals surface area contributed by atoms with Crippen LogP contribution >= 0.6 is 11.8 Å². The van der Waals surface area contributed by atoms with Crippen molar-refractivity contribution in [1.29, 1.82) is 0 Å². The largest absolute Gasteiger partial charge is 0.430 e. The number of anilines is 3. The molecule has 2 heterocycles. The molecule has 0 bridgehead atoms. The van der Waals surface area contributed by atoms with E-state index in [-0.39, 0.29) is 6.23 Å². The van der Waals surface area contributed by atoms with E-state index in [4.69, 9.17) is 4.74 Å². The highest BCUT2D eigenvalue weighted by atomic mass is 32.2. The lowest BCUT2D eigenvalue weighted by molar-refractivity contribution is 0.0716. The molecule has 4 rings (SSSR count). The van der Waals surface area contributed by atoms with Gasteiger partial charge in [-0.3, -0.25) is 10.6 Å². The van der Waals surface area contributed by atoms with E-state index in [1.54, 1.807) is 18.1 Å². The van der Waals surface area contributed by atoms with Crippen LogP contribution in [0.2, 0.25) is 0 Å². The van der Waals surface area contributed by atoms with Crippen molar-refractivity contribution in [3.63, 3.8) is 0 Å². The van der Waals surface area contributed by atoms with Crippen LogP contribution in [0.4, 0.5) is 22.0 Å². The second-order valence-electron chi connectivity index (χ2n) is 7.16. The zero-order valence-electron chi connectivity index (χ0n) is 17.3. The van der Waals surface area contributed by atoms with Gasteiger partial charge >= 0.3 is 6.09 Å². The molecule has 31 heavy (non-hydrogen) atoms. The number of benzene rings is 2. The van der Waals surface area contributed by atoms with Gasteiger partial charge in [0.2, 0.25) is 0 Å². The van der Waals surface area contributed by atoms with Crippen LogP contribution in [0.3, 0.4) is 0 Å². The molecule has 1 atom stereocenters. The van der Waals surface area contributed by atoms with Crippen LogP contribution in [0.1, 0.15) is 19.3 Å². The highest BCUT2D eigenvalue weighted by molar-refractivity contribution is 7.98. The molecule has 0 spiro atoms. The average molecular weight is 436 g/mol. The smallest absolute Gasteiger partial charge is 0.413 e. The first kappa shape index (κ1) is 21.1. The molecule has 1 aliphatic heterocycles. The van der Waals surface area contributed by atoms with E-state index in [9.17, 15) is 4.79 Å². The van der Waals surface area contributed by atoms with Crippen molar-refractivity contribution in [3.8, 4) is 11.3 Å². The van der Waals surface area contributed by atoms with E-state index in [0.29, 0.717) is 11.5 Å². The molecule has 3 N–H and O–H groups in total. The zero-order valence-corrected chi connectivity index (χ0v) is 18.1. The number of amides is 1. The van der Waals surface area contributed by atoms with Crippen LogP contribution in [-0.2, 0) is 4.74 Å². The number of aromatic nitrogens is 2. The van der Waals surface area contributed by atoms with Crippen LogP contribution < -0.4 is 16.0 Å². The Labute approximate surface area is 186 Å². The van der Waals surface area contributed by atoms with Crippen molar-refractivity contribution in [2.24, 2.45) is 0 Å². The molecule has 1 amide bonds. The molecule has 1 aliphatic rings. The van der Waals surface area contributed by atoms with Gasteiger partial charge in [-0.2, -0.15) is 0 Å². The minimum absolute atomic E-state index is 0.210. The minimum Gasteiger partial charge on any atom is -0.430 e. The fraction of sp³-hybridized carbons (Fsp3) is 0.261. The van der Waals surface area contributed by atoms with E-state index < -0.39 is 6.09 Å². The number of hydrogen-bond acceptors (Lipinski definition) is 7. The fourth-order valence-corrected chi connectivity index (χ4v) is 4.02. The van der Waals surface area contributed by atoms with Crippen LogP contribution in [0.25, 0.3) is 11.3 Å². The normalized spacial score (nSPS) is 15.8. The summed E-state index contributed by atoms with van der Waals surface area (Å²) in [6, 6.07) is 17.5. The van der Waals surface area contributed by atoms with Crippen LogP contribution in [0.5, 0.6) is 0 Å². The summed E-state index contributed by atoms with van der Waals surface area (Å²) >= 11 is 1.69. The molecule has 0 radical (unpaired) electrons. The molecule has 3 aromatic rings. The maximum absolute atomic E-state index is 12.1. The summed E-state index contributed by atoms with van der Waals surface area (Å²) in [6.45, 7) is 0.881. The third-order valence-electron chi connectivity index (χ3n) is 4.97. The lowest BCUT2D eigenvalue weighted by atomic mass is 10.1. The van der Waals surface area contributed by atoms with Crippen molar-refractivity contribution in [1.82, 2.24) is 15.3 Å². The number of piperidine rings is 1. The number of carbonyl (C=O) groups excluding carboxylic acids is 1. The summed E-state index contributed by atoms with van der Waals surface area (Å²) in [5, 5.41) is 9.24. The molecule has 7 nitrogen and oxygen atoms in total. The Morgan fingerprint density at radius 3 is 2.68 bits per heavy atom. The van der Waals surface area contributed by atoms with Gasteiger partial charge in [0.15, 0.2) is 6.23 Å². The predicted molar refractivity (Wildman–Crippen MR) is 125 cm³/mol. The number of ether oxygens (including phenoxy) is 1. The quantitative estimate of drug-likeness (QED) is 0.455. The van der Waals surface area contributed by atoms with Crippen molar-refractivity contribution in [2.75, 3.05) is 23.4 Å². The summed E-state index contributed by atoms with van der Waals surface area (Å²) in [7, 11) is 0. The van der Waals surface area contributed by atoms with Gasteiger partial charge in [0.25, 0.3) is 0 Å². The first-order chi connectivity index (χ1) is 15.2. The molecule has 0 aliphatic carbocycles. The maximum Gasteiger partial charge on any atom is 0.413 e. The van der Waals surface area contributed by atoms with Crippen molar-refractivity contribution in [2.45, 2.75) is 30.4 Å². The first-order valence-corrected chi connectivity index (χ1v) is 11.5. The molecule has 0 unspecified atom stereocenters. The molecule has 1 fully saturated rings. The fourth-order valence-electron chi connectivity index (χ4n) is 3.41. The first-order valence-electron chi connectivity index (χ1n) is 10.2. The molecule has 1 saturated heterocycles. The van der Waals surface area contributed by atoms with Gasteiger partial charge in [-0.25, -0.2) is 14.8 Å². The summed E-state index contributed by atoms with van der Waals surface area (Å²) in [4.78, 5) is 22.0. The van der Waals surface area contributed by atoms with Crippen LogP contribution in [0, 0.1) is 0 Å². The van der Waals surface area contributed by atoms with E-state index >= 15 is 0 Å². The van der Waals surface area contributed by atoms with Crippen molar-refractivity contribution in [3.05, 3.63) is 60.9 Å². The Morgan fingerprint density at radius 2 is 1.90 bits per heavy atom. The van der Waals surface area contributed by atoms with Crippen LogP contribution in [0.15, 0.2) is 65.8 Å². The van der Waals surface area contributed by atoms with Crippen molar-refractivity contribution >= 4 is 35.0 Å². The van der Waals surface area contributed by atoms with Gasteiger partial charge in [0.05, 0.1) is 5.69 Å². The zero-order chi connectivity index (χ0) is 21.5. The third-order valence-corrected chi connectivity index (χ3v) is 5.76. The van der Waals surface area contributed by atoms with E-state index in [1.165, 1.54) is 0 Å². The highest BCUT2D eigenvalue weighted by Gasteiger charge is 2.16. The average Bonchev–Trinajstić information content (AvgIpc) is 2.81. The second-order valence-corrected chi connectivity index (χ2v) is 8.01. The van der Waals surface area contributed by atoms with Gasteiger partial charge < -0.3 is 10.1 Å². The molecule has 0 saturated carbocycles.